The van der Waals surface area contributed by atoms with Gasteiger partial charge in [-0.1, -0.05) is 12.1 Å². The summed E-state index contributed by atoms with van der Waals surface area (Å²) in [6.45, 7) is 1.22. The van der Waals surface area contributed by atoms with Crippen LogP contribution in [0.2, 0.25) is 0 Å². The van der Waals surface area contributed by atoms with Crippen LogP contribution in [0.5, 0.6) is 5.75 Å². The lowest BCUT2D eigenvalue weighted by Gasteiger charge is -2.21. The summed E-state index contributed by atoms with van der Waals surface area (Å²) in [5, 5.41) is 9.70. The molecule has 1 aliphatic rings. The molecule has 0 aliphatic carbocycles. The Bertz CT molecular complexity index is 439. The second-order valence-electron chi connectivity index (χ2n) is 3.89. The molecule has 0 amide bonds. The van der Waals surface area contributed by atoms with Crippen LogP contribution in [0.4, 0.5) is 4.39 Å². The molecule has 1 aromatic carbocycles. The van der Waals surface area contributed by atoms with Gasteiger partial charge >= 0.3 is 0 Å². The Morgan fingerprint density at radius 2 is 2.00 bits per heavy atom. The van der Waals surface area contributed by atoms with Gasteiger partial charge in [-0.25, -0.2) is 4.39 Å². The average Bonchev–Trinajstić information content (AvgIpc) is 2.44. The summed E-state index contributed by atoms with van der Waals surface area (Å²) >= 11 is 0. The van der Waals surface area contributed by atoms with Crippen molar-refractivity contribution < 1.29 is 14.2 Å². The number of halogens is 1. The normalized spacial score (nSPS) is 17.3. The van der Waals surface area contributed by atoms with Crippen molar-refractivity contribution >= 4 is 0 Å². The summed E-state index contributed by atoms with van der Waals surface area (Å²) in [5.74, 6) is -1.31. The molecule has 4 heteroatoms. The maximum atomic E-state index is 13.1. The first-order valence-corrected chi connectivity index (χ1v) is 5.29. The molecular weight excluding hydrogens is 211 g/mol. The van der Waals surface area contributed by atoms with Crippen molar-refractivity contribution in [3.8, 4) is 5.75 Å². The Balaban J connectivity index is 2.45. The third kappa shape index (κ3) is 2.07. The van der Waals surface area contributed by atoms with E-state index in [1.54, 1.807) is 6.07 Å². The fourth-order valence-electron chi connectivity index (χ4n) is 1.97. The lowest BCUT2D eigenvalue weighted by Crippen LogP contribution is -2.15. The van der Waals surface area contributed by atoms with Crippen molar-refractivity contribution in [1.82, 2.24) is 0 Å². The molecule has 16 heavy (non-hydrogen) atoms. The van der Waals surface area contributed by atoms with Crippen LogP contribution >= 0.6 is 0 Å². The third-order valence-electron chi connectivity index (χ3n) is 2.88. The third-order valence-corrected chi connectivity index (χ3v) is 2.88. The van der Waals surface area contributed by atoms with Gasteiger partial charge in [-0.05, 0) is 24.8 Å². The lowest BCUT2D eigenvalue weighted by molar-refractivity contribution is 0.0848. The van der Waals surface area contributed by atoms with Crippen LogP contribution in [0.1, 0.15) is 24.3 Å². The van der Waals surface area contributed by atoms with Gasteiger partial charge in [-0.15, -0.1) is 0 Å². The predicted octanol–water partition coefficient (Wildman–Crippen LogP) is 1.79. The largest absolute Gasteiger partial charge is 0.504 e. The standard InChI is InChI=1S/C12H13FO3/c13-10-3-1-2-9(11(14)12(10)15)8-4-6-16-7-5-8/h1-3,8H,4-7H2,(H,14,15). The van der Waals surface area contributed by atoms with E-state index in [-0.39, 0.29) is 5.92 Å². The SMILES string of the molecule is O=c1c(F)cccc(C2CCOCC2)c1O. The molecule has 1 aromatic rings. The van der Waals surface area contributed by atoms with Gasteiger partial charge in [0, 0.05) is 18.8 Å². The van der Waals surface area contributed by atoms with Crippen LogP contribution in [0.3, 0.4) is 0 Å². The average molecular weight is 224 g/mol. The Hall–Kier alpha value is -1.42. The zero-order chi connectivity index (χ0) is 11.5. The number of aromatic hydroxyl groups is 1. The van der Waals surface area contributed by atoms with Crippen LogP contribution in [-0.2, 0) is 4.74 Å². The highest BCUT2D eigenvalue weighted by Crippen LogP contribution is 2.30. The minimum absolute atomic E-state index is 0.0771. The minimum atomic E-state index is -0.925. The van der Waals surface area contributed by atoms with Crippen molar-refractivity contribution in [3.63, 3.8) is 0 Å². The molecule has 1 fully saturated rings. The number of rotatable bonds is 1. The maximum Gasteiger partial charge on any atom is 0.255 e. The van der Waals surface area contributed by atoms with E-state index < -0.39 is 17.0 Å². The monoisotopic (exact) mass is 224 g/mol. The van der Waals surface area contributed by atoms with Crippen molar-refractivity contribution in [2.75, 3.05) is 13.2 Å². The molecule has 1 aliphatic heterocycles. The van der Waals surface area contributed by atoms with Gasteiger partial charge in [0.05, 0.1) is 0 Å². The van der Waals surface area contributed by atoms with E-state index in [1.807, 2.05) is 0 Å². The topological polar surface area (TPSA) is 46.5 Å². The highest BCUT2D eigenvalue weighted by Gasteiger charge is 2.20. The summed E-state index contributed by atoms with van der Waals surface area (Å²) in [4.78, 5) is 11.4. The van der Waals surface area contributed by atoms with E-state index in [1.165, 1.54) is 6.07 Å². The Kier molecular flexibility index (Phi) is 3.19. The first-order chi connectivity index (χ1) is 7.70. The Morgan fingerprint density at radius 3 is 2.69 bits per heavy atom. The number of ether oxygens (including phenoxy) is 1. The summed E-state index contributed by atoms with van der Waals surface area (Å²) in [6, 6.07) is 4.14. The van der Waals surface area contributed by atoms with E-state index in [2.05, 4.69) is 0 Å². The van der Waals surface area contributed by atoms with Gasteiger partial charge < -0.3 is 9.84 Å². The zero-order valence-corrected chi connectivity index (χ0v) is 8.78. The molecule has 0 bridgehead atoms. The van der Waals surface area contributed by atoms with Crippen LogP contribution in [0.25, 0.3) is 0 Å². The molecule has 3 nitrogen and oxygen atoms in total. The van der Waals surface area contributed by atoms with Crippen LogP contribution in [-0.4, -0.2) is 18.3 Å². The fourth-order valence-corrected chi connectivity index (χ4v) is 1.97. The molecule has 0 saturated carbocycles. The zero-order valence-electron chi connectivity index (χ0n) is 8.78. The van der Waals surface area contributed by atoms with Gasteiger partial charge in [0.1, 0.15) is 0 Å². The van der Waals surface area contributed by atoms with Crippen LogP contribution in [0, 0.1) is 5.82 Å². The maximum absolute atomic E-state index is 13.1. The quantitative estimate of drug-likeness (QED) is 0.791. The van der Waals surface area contributed by atoms with Crippen molar-refractivity contribution in [2.45, 2.75) is 18.8 Å². The molecule has 0 aromatic heterocycles. The molecule has 86 valence electrons. The smallest absolute Gasteiger partial charge is 0.255 e. The fraction of sp³-hybridized carbons (Fsp3) is 0.417. The summed E-state index contributed by atoms with van der Waals surface area (Å²) < 4.78 is 18.3. The van der Waals surface area contributed by atoms with Crippen molar-refractivity contribution in [1.29, 1.82) is 0 Å². The van der Waals surface area contributed by atoms with Gasteiger partial charge in [-0.2, -0.15) is 0 Å². The molecular formula is C12H13FO3. The van der Waals surface area contributed by atoms with E-state index in [0.29, 0.717) is 18.8 Å². The van der Waals surface area contributed by atoms with Gasteiger partial charge in [0.25, 0.3) is 5.43 Å². The number of hydrogen-bond acceptors (Lipinski definition) is 3. The molecule has 0 unspecified atom stereocenters. The van der Waals surface area contributed by atoms with Gasteiger partial charge in [-0.3, -0.25) is 4.79 Å². The molecule has 0 atom stereocenters. The first-order valence-electron chi connectivity index (χ1n) is 5.29. The molecule has 0 spiro atoms. The van der Waals surface area contributed by atoms with Gasteiger partial charge in [0.2, 0.25) is 0 Å². The highest BCUT2D eigenvalue weighted by atomic mass is 19.1. The van der Waals surface area contributed by atoms with Crippen molar-refractivity contribution in [2.24, 2.45) is 0 Å². The molecule has 1 saturated heterocycles. The molecule has 1 N–H and O–H groups in total. The molecule has 1 heterocycles. The van der Waals surface area contributed by atoms with Gasteiger partial charge in [0.15, 0.2) is 11.6 Å². The summed E-state index contributed by atoms with van der Waals surface area (Å²) in [6.07, 6.45) is 1.50. The predicted molar refractivity (Wildman–Crippen MR) is 57.1 cm³/mol. The lowest BCUT2D eigenvalue weighted by atomic mass is 9.92. The van der Waals surface area contributed by atoms with E-state index >= 15 is 0 Å². The second kappa shape index (κ2) is 4.61. The Labute approximate surface area is 92.5 Å². The number of hydrogen-bond donors (Lipinski definition) is 1. The molecule has 2 rings (SSSR count). The van der Waals surface area contributed by atoms with Crippen LogP contribution < -0.4 is 5.43 Å². The van der Waals surface area contributed by atoms with Crippen LogP contribution in [0.15, 0.2) is 23.0 Å². The Morgan fingerprint density at radius 1 is 1.31 bits per heavy atom. The summed E-state index contributed by atoms with van der Waals surface area (Å²) in [7, 11) is 0. The minimum Gasteiger partial charge on any atom is -0.504 e. The summed E-state index contributed by atoms with van der Waals surface area (Å²) in [5.41, 5.74) is -0.399. The highest BCUT2D eigenvalue weighted by molar-refractivity contribution is 5.34. The molecule has 0 radical (unpaired) electrons. The first kappa shape index (κ1) is 11.1. The van der Waals surface area contributed by atoms with E-state index in [0.717, 1.165) is 18.9 Å². The van der Waals surface area contributed by atoms with E-state index in [9.17, 15) is 14.3 Å². The second-order valence-corrected chi connectivity index (χ2v) is 3.89. The van der Waals surface area contributed by atoms with Crippen molar-refractivity contribution in [3.05, 3.63) is 39.8 Å². The van der Waals surface area contributed by atoms with E-state index in [4.69, 9.17) is 4.74 Å².